The quantitative estimate of drug-likeness (QED) is 0.262. The Bertz CT molecular complexity index is 348. The zero-order chi connectivity index (χ0) is 19.5. The number of hydrogen-bond acceptors (Lipinski definition) is 8. The van der Waals surface area contributed by atoms with Crippen LogP contribution in [0.3, 0.4) is 0 Å². The fourth-order valence-corrected chi connectivity index (χ4v) is 2.08. The van der Waals surface area contributed by atoms with Crippen LogP contribution in [0.25, 0.3) is 0 Å². The molecule has 8 heteroatoms. The molecular formula is C18H34O8. The smallest absolute Gasteiger partial charge is 0.308 e. The van der Waals surface area contributed by atoms with Crippen molar-refractivity contribution >= 4 is 11.9 Å². The van der Waals surface area contributed by atoms with Gasteiger partial charge >= 0.3 is 11.9 Å². The van der Waals surface area contributed by atoms with Crippen molar-refractivity contribution in [3.8, 4) is 0 Å². The van der Waals surface area contributed by atoms with E-state index < -0.39 is 0 Å². The van der Waals surface area contributed by atoms with Gasteiger partial charge in [0.1, 0.15) is 13.2 Å². The number of carbonyl (C=O) groups excluding carboxylic acids is 2. The molecule has 0 bridgehead atoms. The third-order valence-electron chi connectivity index (χ3n) is 3.59. The molecule has 0 aliphatic rings. The molecule has 0 spiro atoms. The zero-order valence-corrected chi connectivity index (χ0v) is 16.3. The number of rotatable bonds is 18. The van der Waals surface area contributed by atoms with Crippen LogP contribution >= 0.6 is 0 Å². The van der Waals surface area contributed by atoms with Crippen LogP contribution in [-0.4, -0.2) is 79.0 Å². The summed E-state index contributed by atoms with van der Waals surface area (Å²) >= 11 is 0. The first-order chi connectivity index (χ1) is 12.7. The van der Waals surface area contributed by atoms with Gasteiger partial charge in [-0.1, -0.05) is 6.92 Å². The van der Waals surface area contributed by atoms with E-state index in [4.69, 9.17) is 28.4 Å². The average molecular weight is 378 g/mol. The summed E-state index contributed by atoms with van der Waals surface area (Å²) in [4.78, 5) is 23.6. The molecule has 0 aromatic rings. The van der Waals surface area contributed by atoms with Crippen molar-refractivity contribution < 1.29 is 38.0 Å². The van der Waals surface area contributed by atoms with Gasteiger partial charge in [0, 0.05) is 20.6 Å². The second kappa shape index (κ2) is 18.6. The Labute approximate surface area is 156 Å². The Morgan fingerprint density at radius 1 is 0.769 bits per heavy atom. The fourth-order valence-electron chi connectivity index (χ4n) is 2.08. The molecule has 0 saturated heterocycles. The molecule has 0 saturated carbocycles. The lowest BCUT2D eigenvalue weighted by Crippen LogP contribution is -2.20. The van der Waals surface area contributed by atoms with Crippen molar-refractivity contribution in [3.05, 3.63) is 0 Å². The lowest BCUT2D eigenvalue weighted by molar-refractivity contribution is -0.151. The molecule has 0 amide bonds. The van der Waals surface area contributed by atoms with E-state index in [1.807, 2.05) is 6.92 Å². The second-order valence-electron chi connectivity index (χ2n) is 5.60. The minimum atomic E-state index is -0.282. The molecule has 0 fully saturated rings. The van der Waals surface area contributed by atoms with Crippen molar-refractivity contribution in [1.29, 1.82) is 0 Å². The van der Waals surface area contributed by atoms with Gasteiger partial charge in [-0.3, -0.25) is 9.59 Å². The predicted molar refractivity (Wildman–Crippen MR) is 94.9 cm³/mol. The maximum atomic E-state index is 12.0. The van der Waals surface area contributed by atoms with Gasteiger partial charge in [-0.25, -0.2) is 0 Å². The molecule has 0 radical (unpaired) electrons. The van der Waals surface area contributed by atoms with Gasteiger partial charge in [0.05, 0.1) is 45.6 Å². The highest BCUT2D eigenvalue weighted by atomic mass is 16.6. The van der Waals surface area contributed by atoms with E-state index in [1.165, 1.54) is 0 Å². The Balaban J connectivity index is 3.69. The Morgan fingerprint density at radius 2 is 1.31 bits per heavy atom. The fraction of sp³-hybridized carbons (Fsp3) is 0.889. The van der Waals surface area contributed by atoms with Crippen LogP contribution in [-0.2, 0) is 38.0 Å². The van der Waals surface area contributed by atoms with Crippen LogP contribution in [0.4, 0.5) is 0 Å². The number of hydrogen-bond donors (Lipinski definition) is 0. The van der Waals surface area contributed by atoms with E-state index in [9.17, 15) is 9.59 Å². The predicted octanol–water partition coefficient (Wildman–Crippen LogP) is 1.60. The molecule has 0 aromatic carbocycles. The SMILES string of the molecule is CCC(CCCC(=O)OCCOCCOC)C(=O)OCCOCCOC. The highest BCUT2D eigenvalue weighted by Gasteiger charge is 2.18. The lowest BCUT2D eigenvalue weighted by Gasteiger charge is -2.14. The molecule has 0 aliphatic carbocycles. The van der Waals surface area contributed by atoms with Crippen LogP contribution in [0.2, 0.25) is 0 Å². The number of ether oxygens (including phenoxy) is 6. The summed E-state index contributed by atoms with van der Waals surface area (Å²) < 4.78 is 30.4. The first-order valence-electron chi connectivity index (χ1n) is 9.11. The van der Waals surface area contributed by atoms with Crippen molar-refractivity contribution in [1.82, 2.24) is 0 Å². The summed E-state index contributed by atoms with van der Waals surface area (Å²) in [5.41, 5.74) is 0. The zero-order valence-electron chi connectivity index (χ0n) is 16.3. The van der Waals surface area contributed by atoms with Gasteiger partial charge in [-0.2, -0.15) is 0 Å². The lowest BCUT2D eigenvalue weighted by atomic mass is 9.99. The van der Waals surface area contributed by atoms with Crippen LogP contribution in [0.15, 0.2) is 0 Å². The van der Waals surface area contributed by atoms with Gasteiger partial charge in [0.15, 0.2) is 0 Å². The van der Waals surface area contributed by atoms with Crippen molar-refractivity contribution in [2.24, 2.45) is 5.92 Å². The molecule has 0 aliphatic heterocycles. The third-order valence-corrected chi connectivity index (χ3v) is 3.59. The van der Waals surface area contributed by atoms with Crippen molar-refractivity contribution in [2.75, 3.05) is 67.1 Å². The maximum absolute atomic E-state index is 12.0. The summed E-state index contributed by atoms with van der Waals surface area (Å²) in [6.45, 7) is 5.07. The normalized spacial score (nSPS) is 12.0. The summed E-state index contributed by atoms with van der Waals surface area (Å²) in [5, 5.41) is 0. The molecule has 0 aromatic heterocycles. The van der Waals surface area contributed by atoms with Crippen LogP contribution in [0.1, 0.15) is 32.6 Å². The van der Waals surface area contributed by atoms with E-state index in [1.54, 1.807) is 14.2 Å². The van der Waals surface area contributed by atoms with Gasteiger partial charge in [-0.05, 0) is 19.3 Å². The monoisotopic (exact) mass is 378 g/mol. The topological polar surface area (TPSA) is 89.5 Å². The first-order valence-corrected chi connectivity index (χ1v) is 9.11. The molecule has 0 heterocycles. The van der Waals surface area contributed by atoms with Gasteiger partial charge in [0.25, 0.3) is 0 Å². The van der Waals surface area contributed by atoms with E-state index in [2.05, 4.69) is 0 Å². The summed E-state index contributed by atoms with van der Waals surface area (Å²) in [7, 11) is 3.20. The summed E-state index contributed by atoms with van der Waals surface area (Å²) in [6, 6.07) is 0. The largest absolute Gasteiger partial charge is 0.463 e. The Hall–Kier alpha value is -1.22. The van der Waals surface area contributed by atoms with Crippen LogP contribution < -0.4 is 0 Å². The van der Waals surface area contributed by atoms with Crippen molar-refractivity contribution in [2.45, 2.75) is 32.6 Å². The maximum Gasteiger partial charge on any atom is 0.308 e. The number of esters is 2. The minimum Gasteiger partial charge on any atom is -0.463 e. The summed E-state index contributed by atoms with van der Waals surface area (Å²) in [6.07, 6.45) is 2.13. The first kappa shape index (κ1) is 24.8. The van der Waals surface area contributed by atoms with Gasteiger partial charge in [-0.15, -0.1) is 0 Å². The molecular weight excluding hydrogens is 344 g/mol. The Kier molecular flexibility index (Phi) is 17.7. The molecule has 1 atom stereocenters. The standard InChI is InChI=1S/C18H34O8/c1-4-16(18(20)26-15-13-24-11-9-22-3)6-5-7-17(19)25-14-12-23-10-8-21-2/h16H,4-15H2,1-3H3. The number of methoxy groups -OCH3 is 2. The Morgan fingerprint density at radius 3 is 1.85 bits per heavy atom. The summed E-state index contributed by atoms with van der Waals surface area (Å²) in [5.74, 6) is -0.739. The highest BCUT2D eigenvalue weighted by molar-refractivity contribution is 5.72. The molecule has 0 rings (SSSR count). The minimum absolute atomic E-state index is 0.209. The molecule has 8 nitrogen and oxygen atoms in total. The van der Waals surface area contributed by atoms with Crippen molar-refractivity contribution in [3.63, 3.8) is 0 Å². The van der Waals surface area contributed by atoms with E-state index in [-0.39, 0.29) is 37.5 Å². The van der Waals surface area contributed by atoms with E-state index in [0.29, 0.717) is 58.9 Å². The molecule has 0 N–H and O–H groups in total. The average Bonchev–Trinajstić information content (AvgIpc) is 2.64. The van der Waals surface area contributed by atoms with Gasteiger partial charge < -0.3 is 28.4 Å². The highest BCUT2D eigenvalue weighted by Crippen LogP contribution is 2.15. The number of carbonyl (C=O) groups is 2. The molecule has 26 heavy (non-hydrogen) atoms. The molecule has 154 valence electrons. The second-order valence-corrected chi connectivity index (χ2v) is 5.60. The molecule has 1 unspecified atom stereocenters. The third kappa shape index (κ3) is 15.1. The van der Waals surface area contributed by atoms with Crippen LogP contribution in [0.5, 0.6) is 0 Å². The van der Waals surface area contributed by atoms with E-state index >= 15 is 0 Å². The van der Waals surface area contributed by atoms with Crippen LogP contribution in [0, 0.1) is 5.92 Å². The van der Waals surface area contributed by atoms with E-state index in [0.717, 1.165) is 0 Å². The van der Waals surface area contributed by atoms with Gasteiger partial charge in [0.2, 0.25) is 0 Å².